The molecule has 1 saturated heterocycles. The lowest BCUT2D eigenvalue weighted by Crippen LogP contribution is -2.18. The predicted octanol–water partition coefficient (Wildman–Crippen LogP) is 8.35. The van der Waals surface area contributed by atoms with E-state index in [0.717, 1.165) is 78.4 Å². The van der Waals surface area contributed by atoms with E-state index in [1.165, 1.54) is 12.0 Å². The third-order valence-electron chi connectivity index (χ3n) is 8.07. The first kappa shape index (κ1) is 26.3. The lowest BCUT2D eigenvalue weighted by atomic mass is 9.73. The third kappa shape index (κ3) is 5.25. The van der Waals surface area contributed by atoms with Gasteiger partial charge in [-0.3, -0.25) is 4.79 Å². The van der Waals surface area contributed by atoms with E-state index in [4.69, 9.17) is 16.3 Å². The van der Waals surface area contributed by atoms with E-state index in [1.54, 1.807) is 6.07 Å². The van der Waals surface area contributed by atoms with E-state index in [1.807, 2.05) is 47.3 Å². The van der Waals surface area contributed by atoms with Crippen LogP contribution in [0.4, 0.5) is 0 Å². The number of nitriles is 1. The summed E-state index contributed by atoms with van der Waals surface area (Å²) in [7, 11) is 0. The van der Waals surface area contributed by atoms with Crippen molar-refractivity contribution in [3.8, 4) is 17.2 Å². The van der Waals surface area contributed by atoms with E-state index in [-0.39, 0.29) is 6.23 Å². The highest BCUT2D eigenvalue weighted by molar-refractivity contribution is 6.33. The molecule has 0 N–H and O–H groups in total. The van der Waals surface area contributed by atoms with Crippen molar-refractivity contribution in [2.24, 2.45) is 5.92 Å². The molecule has 2 aliphatic rings. The maximum Gasteiger partial charge on any atom is 0.150 e. The van der Waals surface area contributed by atoms with Gasteiger partial charge in [0, 0.05) is 29.0 Å². The Morgan fingerprint density at radius 2 is 1.70 bits per heavy atom. The van der Waals surface area contributed by atoms with Crippen LogP contribution in [0.15, 0.2) is 79.1 Å². The molecule has 1 aliphatic heterocycles. The van der Waals surface area contributed by atoms with Crippen LogP contribution in [-0.4, -0.2) is 22.7 Å². The van der Waals surface area contributed by atoms with Crippen molar-refractivity contribution in [1.82, 2.24) is 9.78 Å². The molecule has 5 nitrogen and oxygen atoms in total. The number of allylic oxidation sites excluding steroid dienone is 1. The molecule has 1 unspecified atom stereocenters. The van der Waals surface area contributed by atoms with Crippen LogP contribution < -0.4 is 0 Å². The number of rotatable bonds is 7. The first-order valence-corrected chi connectivity index (χ1v) is 14.3. The number of benzene rings is 3. The number of carbonyl (C=O) groups excluding carboxylic acids is 1. The van der Waals surface area contributed by atoms with Gasteiger partial charge in [-0.05, 0) is 83.6 Å². The van der Waals surface area contributed by atoms with Crippen LogP contribution in [0.5, 0.6) is 0 Å². The lowest BCUT2D eigenvalue weighted by molar-refractivity contribution is -0.0394. The van der Waals surface area contributed by atoms with Gasteiger partial charge in [-0.25, -0.2) is 4.68 Å². The second-order valence-corrected chi connectivity index (χ2v) is 11.0. The molecule has 0 bridgehead atoms. The Hall–Kier alpha value is -3.98. The van der Waals surface area contributed by atoms with Crippen LogP contribution in [0.25, 0.3) is 22.3 Å². The Morgan fingerprint density at radius 3 is 2.30 bits per heavy atom. The first-order chi connectivity index (χ1) is 19.6. The van der Waals surface area contributed by atoms with Gasteiger partial charge in [0.05, 0.1) is 17.8 Å². The van der Waals surface area contributed by atoms with E-state index in [9.17, 15) is 10.1 Å². The van der Waals surface area contributed by atoms with Gasteiger partial charge in [-0.1, -0.05) is 72.6 Å². The summed E-state index contributed by atoms with van der Waals surface area (Å²) in [5, 5.41) is 14.6. The average molecular weight is 548 g/mol. The standard InChI is InChI=1S/C34H30ClN3O2/c35-31-18-24(19-36)9-16-30(31)34(26-4-3-5-26)33(27-10-7-23(22-39)8-11-27)28-14-12-25(13-15-28)29-20-37-38(21-29)32-6-1-2-17-40-32/h7-16,18,20-22,26,32H,1-6,17H2/b34-33+. The highest BCUT2D eigenvalue weighted by Crippen LogP contribution is 2.47. The van der Waals surface area contributed by atoms with Crippen molar-refractivity contribution < 1.29 is 9.53 Å². The Kier molecular flexibility index (Phi) is 7.64. The van der Waals surface area contributed by atoms with Gasteiger partial charge in [0.25, 0.3) is 0 Å². The Labute approximate surface area is 239 Å². The number of halogens is 1. The summed E-state index contributed by atoms with van der Waals surface area (Å²) in [6.45, 7) is 0.782. The molecule has 40 heavy (non-hydrogen) atoms. The molecule has 0 radical (unpaired) electrons. The van der Waals surface area contributed by atoms with Crippen molar-refractivity contribution in [3.05, 3.63) is 112 Å². The molecule has 6 heteroatoms. The van der Waals surface area contributed by atoms with Crippen molar-refractivity contribution in [1.29, 1.82) is 5.26 Å². The minimum atomic E-state index is 0.00727. The number of aldehydes is 1. The first-order valence-electron chi connectivity index (χ1n) is 13.9. The van der Waals surface area contributed by atoms with Gasteiger partial charge in [-0.15, -0.1) is 0 Å². The molecule has 3 aromatic carbocycles. The average Bonchev–Trinajstić information content (AvgIpc) is 3.48. The fraction of sp³-hybridized carbons (Fsp3) is 0.265. The van der Waals surface area contributed by atoms with Crippen LogP contribution >= 0.6 is 11.6 Å². The summed E-state index contributed by atoms with van der Waals surface area (Å²) in [5.74, 6) is 0.361. The number of hydrogen-bond acceptors (Lipinski definition) is 4. The van der Waals surface area contributed by atoms with Gasteiger partial charge in [-0.2, -0.15) is 10.4 Å². The topological polar surface area (TPSA) is 67.9 Å². The number of nitrogens with zero attached hydrogens (tertiary/aromatic N) is 3. The number of carbonyl (C=O) groups is 1. The van der Waals surface area contributed by atoms with Crippen LogP contribution in [0.2, 0.25) is 5.02 Å². The fourth-order valence-electron chi connectivity index (χ4n) is 5.67. The number of aromatic nitrogens is 2. The monoisotopic (exact) mass is 547 g/mol. The van der Waals surface area contributed by atoms with Crippen LogP contribution in [0, 0.1) is 17.2 Å². The van der Waals surface area contributed by atoms with E-state index in [2.05, 4.69) is 41.6 Å². The molecule has 1 aromatic heterocycles. The predicted molar refractivity (Wildman–Crippen MR) is 158 cm³/mol. The molecule has 2 fully saturated rings. The maximum atomic E-state index is 11.4. The van der Waals surface area contributed by atoms with Gasteiger partial charge in [0.15, 0.2) is 0 Å². The quantitative estimate of drug-likeness (QED) is 0.172. The normalized spacial score (nSPS) is 17.9. The van der Waals surface area contributed by atoms with Crippen LogP contribution in [0.1, 0.15) is 77.4 Å². The Bertz CT molecular complexity index is 1590. The molecule has 0 amide bonds. The zero-order chi connectivity index (χ0) is 27.5. The lowest BCUT2D eigenvalue weighted by Gasteiger charge is -2.32. The zero-order valence-corrected chi connectivity index (χ0v) is 23.0. The number of ether oxygens (including phenoxy) is 1. The molecule has 4 aromatic rings. The van der Waals surface area contributed by atoms with Gasteiger partial charge in [0.2, 0.25) is 0 Å². The molecule has 0 spiro atoms. The van der Waals surface area contributed by atoms with Gasteiger partial charge >= 0.3 is 0 Å². The summed E-state index contributed by atoms with van der Waals surface area (Å²) in [6.07, 6.45) is 11.4. The third-order valence-corrected chi connectivity index (χ3v) is 8.38. The van der Waals surface area contributed by atoms with Crippen LogP contribution in [-0.2, 0) is 4.74 Å². The molecular formula is C34H30ClN3O2. The van der Waals surface area contributed by atoms with Crippen molar-refractivity contribution in [3.63, 3.8) is 0 Å². The highest BCUT2D eigenvalue weighted by Gasteiger charge is 2.28. The zero-order valence-electron chi connectivity index (χ0n) is 22.2. The molecule has 6 rings (SSSR count). The van der Waals surface area contributed by atoms with E-state index in [0.29, 0.717) is 22.1 Å². The van der Waals surface area contributed by atoms with Crippen molar-refractivity contribution >= 4 is 29.0 Å². The number of hydrogen-bond donors (Lipinski definition) is 0. The summed E-state index contributed by atoms with van der Waals surface area (Å²) < 4.78 is 7.84. The van der Waals surface area contributed by atoms with E-state index < -0.39 is 0 Å². The van der Waals surface area contributed by atoms with Gasteiger partial charge < -0.3 is 4.74 Å². The Morgan fingerprint density at radius 1 is 0.950 bits per heavy atom. The fourth-order valence-corrected chi connectivity index (χ4v) is 5.95. The smallest absolute Gasteiger partial charge is 0.150 e. The maximum absolute atomic E-state index is 11.4. The minimum Gasteiger partial charge on any atom is -0.357 e. The van der Waals surface area contributed by atoms with Gasteiger partial charge in [0.1, 0.15) is 12.5 Å². The molecule has 1 aliphatic carbocycles. The second-order valence-electron chi connectivity index (χ2n) is 10.6. The molecule has 1 saturated carbocycles. The van der Waals surface area contributed by atoms with Crippen molar-refractivity contribution in [2.45, 2.75) is 44.8 Å². The Balaban J connectivity index is 1.45. The van der Waals surface area contributed by atoms with Crippen LogP contribution in [0.3, 0.4) is 0 Å². The summed E-state index contributed by atoms with van der Waals surface area (Å²) in [4.78, 5) is 11.4. The largest absolute Gasteiger partial charge is 0.357 e. The molecular weight excluding hydrogens is 518 g/mol. The van der Waals surface area contributed by atoms with Crippen molar-refractivity contribution in [2.75, 3.05) is 6.61 Å². The summed E-state index contributed by atoms with van der Waals surface area (Å²) >= 11 is 6.82. The molecule has 200 valence electrons. The van der Waals surface area contributed by atoms with E-state index >= 15 is 0 Å². The molecule has 1 atom stereocenters. The molecule has 2 heterocycles. The SMILES string of the molecule is N#Cc1ccc(/C(=C(\c2ccc(C=O)cc2)c2ccc(-c3cnn(C4CCCCO4)c3)cc2)C2CCC2)c(Cl)c1. The summed E-state index contributed by atoms with van der Waals surface area (Å²) in [5.41, 5.74) is 8.68. The minimum absolute atomic E-state index is 0.00727. The second kappa shape index (κ2) is 11.6. The summed E-state index contributed by atoms with van der Waals surface area (Å²) in [6, 6.07) is 24.1. The highest BCUT2D eigenvalue weighted by atomic mass is 35.5.